The standard InChI is InChI=1S/C11H11N5O3/c12-9(16-19)7-5-13-15-10(7)14-11(18)6-3-1-2-4-8(6)17/h1-5,17,19H,(H2,12,16)(H2,13,14,15,18). The number of phenols is 1. The molecule has 6 N–H and O–H groups in total. The smallest absolute Gasteiger partial charge is 0.260 e. The molecule has 19 heavy (non-hydrogen) atoms. The molecule has 0 saturated carbocycles. The molecule has 0 radical (unpaired) electrons. The van der Waals surface area contributed by atoms with Crippen LogP contribution in [-0.4, -0.2) is 32.3 Å². The van der Waals surface area contributed by atoms with E-state index in [0.717, 1.165) is 0 Å². The third kappa shape index (κ3) is 2.46. The number of benzene rings is 1. The Bertz CT molecular complexity index is 635. The molecule has 1 aromatic heterocycles. The van der Waals surface area contributed by atoms with Crippen molar-refractivity contribution in [2.45, 2.75) is 0 Å². The Balaban J connectivity index is 2.26. The minimum Gasteiger partial charge on any atom is -0.507 e. The summed E-state index contributed by atoms with van der Waals surface area (Å²) in [6.45, 7) is 0. The van der Waals surface area contributed by atoms with E-state index in [4.69, 9.17) is 10.9 Å². The van der Waals surface area contributed by atoms with E-state index >= 15 is 0 Å². The van der Waals surface area contributed by atoms with Gasteiger partial charge in [-0.2, -0.15) is 5.10 Å². The van der Waals surface area contributed by atoms with Gasteiger partial charge in [0.1, 0.15) is 11.6 Å². The number of hydrogen-bond donors (Lipinski definition) is 5. The Morgan fingerprint density at radius 1 is 1.37 bits per heavy atom. The van der Waals surface area contributed by atoms with Gasteiger partial charge < -0.3 is 21.4 Å². The van der Waals surface area contributed by atoms with Gasteiger partial charge in [0.05, 0.1) is 17.3 Å². The summed E-state index contributed by atoms with van der Waals surface area (Å²) in [5.74, 6) is -0.718. The zero-order chi connectivity index (χ0) is 13.8. The van der Waals surface area contributed by atoms with Gasteiger partial charge in [-0.15, -0.1) is 0 Å². The fraction of sp³-hybridized carbons (Fsp3) is 0. The predicted octanol–water partition coefficient (Wildman–Crippen LogP) is 0.462. The zero-order valence-corrected chi connectivity index (χ0v) is 9.66. The van der Waals surface area contributed by atoms with E-state index in [9.17, 15) is 9.90 Å². The predicted molar refractivity (Wildman–Crippen MR) is 67.2 cm³/mol. The number of nitrogens with two attached hydrogens (primary N) is 1. The molecule has 0 aliphatic carbocycles. The molecule has 1 aromatic carbocycles. The summed E-state index contributed by atoms with van der Waals surface area (Å²) in [7, 11) is 0. The van der Waals surface area contributed by atoms with E-state index in [-0.39, 0.29) is 28.5 Å². The van der Waals surface area contributed by atoms with Gasteiger partial charge in [-0.25, -0.2) is 0 Å². The third-order valence-corrected chi connectivity index (χ3v) is 2.41. The summed E-state index contributed by atoms with van der Waals surface area (Å²) >= 11 is 0. The molecule has 0 aliphatic rings. The number of aromatic amines is 1. The lowest BCUT2D eigenvalue weighted by atomic mass is 10.2. The number of oxime groups is 1. The number of para-hydroxylation sites is 1. The number of carbonyl (C=O) groups is 1. The molecule has 0 unspecified atom stereocenters. The number of amidine groups is 1. The van der Waals surface area contributed by atoms with Crippen molar-refractivity contribution in [2.75, 3.05) is 5.32 Å². The molecule has 0 bridgehead atoms. The van der Waals surface area contributed by atoms with Crippen LogP contribution in [-0.2, 0) is 0 Å². The van der Waals surface area contributed by atoms with E-state index in [1.54, 1.807) is 12.1 Å². The highest BCUT2D eigenvalue weighted by atomic mass is 16.4. The molecule has 2 rings (SSSR count). The highest BCUT2D eigenvalue weighted by molar-refractivity contribution is 6.09. The normalized spacial score (nSPS) is 11.3. The highest BCUT2D eigenvalue weighted by Gasteiger charge is 2.15. The SMILES string of the molecule is NC(=NO)c1cn[nH]c1NC(=O)c1ccccc1O. The fourth-order valence-electron chi connectivity index (χ4n) is 1.48. The summed E-state index contributed by atoms with van der Waals surface area (Å²) in [5.41, 5.74) is 5.76. The molecule has 1 heterocycles. The van der Waals surface area contributed by atoms with Gasteiger partial charge in [-0.3, -0.25) is 9.89 Å². The number of nitrogens with one attached hydrogen (secondary N) is 2. The van der Waals surface area contributed by atoms with Gasteiger partial charge in [-0.05, 0) is 12.1 Å². The maximum Gasteiger partial charge on any atom is 0.260 e. The van der Waals surface area contributed by atoms with Crippen molar-refractivity contribution >= 4 is 17.6 Å². The summed E-state index contributed by atoms with van der Waals surface area (Å²) in [6.07, 6.45) is 1.30. The van der Waals surface area contributed by atoms with Crippen molar-refractivity contribution in [3.8, 4) is 5.75 Å². The number of carbonyl (C=O) groups excluding carboxylic acids is 1. The van der Waals surface area contributed by atoms with Crippen LogP contribution < -0.4 is 11.1 Å². The molecule has 98 valence electrons. The number of phenolic OH excluding ortho intramolecular Hbond substituents is 1. The van der Waals surface area contributed by atoms with Crippen molar-refractivity contribution in [1.29, 1.82) is 0 Å². The van der Waals surface area contributed by atoms with E-state index in [0.29, 0.717) is 0 Å². The van der Waals surface area contributed by atoms with E-state index in [2.05, 4.69) is 20.7 Å². The number of hydrogen-bond acceptors (Lipinski definition) is 5. The quantitative estimate of drug-likeness (QED) is 0.236. The first-order valence-corrected chi connectivity index (χ1v) is 5.24. The molecule has 0 atom stereocenters. The van der Waals surface area contributed by atoms with E-state index in [1.807, 2.05) is 0 Å². The van der Waals surface area contributed by atoms with Crippen molar-refractivity contribution < 1.29 is 15.1 Å². The number of aromatic hydroxyl groups is 1. The highest BCUT2D eigenvalue weighted by Crippen LogP contribution is 2.18. The van der Waals surface area contributed by atoms with Crippen LogP contribution in [0, 0.1) is 0 Å². The Kier molecular flexibility index (Phi) is 3.33. The number of rotatable bonds is 3. The van der Waals surface area contributed by atoms with Gasteiger partial charge in [0, 0.05) is 0 Å². The van der Waals surface area contributed by atoms with Crippen molar-refractivity contribution in [3.05, 3.63) is 41.6 Å². The molecular formula is C11H11N5O3. The van der Waals surface area contributed by atoms with Crippen molar-refractivity contribution in [2.24, 2.45) is 10.9 Å². The molecular weight excluding hydrogens is 250 g/mol. The maximum atomic E-state index is 11.9. The second-order valence-corrected chi connectivity index (χ2v) is 3.62. The van der Waals surface area contributed by atoms with Crippen LogP contribution in [0.4, 0.5) is 5.82 Å². The monoisotopic (exact) mass is 261 g/mol. The topological polar surface area (TPSA) is 137 Å². The number of H-pyrrole nitrogens is 1. The van der Waals surface area contributed by atoms with E-state index < -0.39 is 5.91 Å². The molecule has 0 aliphatic heterocycles. The van der Waals surface area contributed by atoms with Crippen LogP contribution in [0.3, 0.4) is 0 Å². The maximum absolute atomic E-state index is 11.9. The average molecular weight is 261 g/mol. The van der Waals surface area contributed by atoms with Crippen LogP contribution in [0.25, 0.3) is 0 Å². The lowest BCUT2D eigenvalue weighted by Crippen LogP contribution is -2.18. The molecule has 1 amide bonds. The summed E-state index contributed by atoms with van der Waals surface area (Å²) < 4.78 is 0. The first-order chi connectivity index (χ1) is 9.13. The summed E-state index contributed by atoms with van der Waals surface area (Å²) in [5, 5.41) is 29.6. The lowest BCUT2D eigenvalue weighted by molar-refractivity contribution is 0.102. The van der Waals surface area contributed by atoms with Crippen LogP contribution in [0.1, 0.15) is 15.9 Å². The van der Waals surface area contributed by atoms with Gasteiger partial charge in [0.25, 0.3) is 5.91 Å². The second kappa shape index (κ2) is 5.08. The molecule has 0 fully saturated rings. The summed E-state index contributed by atoms with van der Waals surface area (Å²) in [4.78, 5) is 11.9. The number of nitrogens with zero attached hydrogens (tertiary/aromatic N) is 2. The Hall–Kier alpha value is -3.03. The number of amides is 1. The fourth-order valence-corrected chi connectivity index (χ4v) is 1.48. The number of anilines is 1. The van der Waals surface area contributed by atoms with Crippen LogP contribution in [0.15, 0.2) is 35.6 Å². The first kappa shape index (κ1) is 12.4. The molecule has 0 saturated heterocycles. The van der Waals surface area contributed by atoms with Crippen LogP contribution in [0.5, 0.6) is 5.75 Å². The van der Waals surface area contributed by atoms with Crippen LogP contribution >= 0.6 is 0 Å². The van der Waals surface area contributed by atoms with Crippen LogP contribution in [0.2, 0.25) is 0 Å². The van der Waals surface area contributed by atoms with Crippen molar-refractivity contribution in [1.82, 2.24) is 10.2 Å². The average Bonchev–Trinajstić information content (AvgIpc) is 2.86. The van der Waals surface area contributed by atoms with E-state index in [1.165, 1.54) is 18.3 Å². The van der Waals surface area contributed by atoms with Gasteiger partial charge in [-0.1, -0.05) is 17.3 Å². The minimum absolute atomic E-state index is 0.0996. The molecule has 2 aromatic rings. The van der Waals surface area contributed by atoms with Gasteiger partial charge >= 0.3 is 0 Å². The zero-order valence-electron chi connectivity index (χ0n) is 9.66. The van der Waals surface area contributed by atoms with Crippen molar-refractivity contribution in [3.63, 3.8) is 0 Å². The van der Waals surface area contributed by atoms with Gasteiger partial charge in [0.15, 0.2) is 5.84 Å². The Morgan fingerprint density at radius 2 is 2.11 bits per heavy atom. The Labute approximate surface area is 107 Å². The minimum atomic E-state index is -0.547. The lowest BCUT2D eigenvalue weighted by Gasteiger charge is -2.06. The third-order valence-electron chi connectivity index (χ3n) is 2.41. The number of aromatic nitrogens is 2. The Morgan fingerprint density at radius 3 is 2.79 bits per heavy atom. The van der Waals surface area contributed by atoms with Gasteiger partial charge in [0.2, 0.25) is 0 Å². The largest absolute Gasteiger partial charge is 0.507 e. The molecule has 8 heteroatoms. The summed E-state index contributed by atoms with van der Waals surface area (Å²) in [6, 6.07) is 6.08. The first-order valence-electron chi connectivity index (χ1n) is 5.24. The second-order valence-electron chi connectivity index (χ2n) is 3.62. The molecule has 0 spiro atoms. The molecule has 8 nitrogen and oxygen atoms in total.